The molecule has 2 aliphatic rings. The predicted molar refractivity (Wildman–Crippen MR) is 86.6 cm³/mol. The van der Waals surface area contributed by atoms with Crippen molar-refractivity contribution in [3.63, 3.8) is 0 Å². The van der Waals surface area contributed by atoms with E-state index in [9.17, 15) is 5.11 Å². The smallest absolute Gasteiger partial charge is 0.111 e. The highest BCUT2D eigenvalue weighted by Gasteiger charge is 2.41. The Morgan fingerprint density at radius 3 is 2.50 bits per heavy atom. The molecule has 0 radical (unpaired) electrons. The molecule has 0 heterocycles. The van der Waals surface area contributed by atoms with Crippen molar-refractivity contribution in [3.05, 3.63) is 0 Å². The quantitative estimate of drug-likeness (QED) is 0.534. The Morgan fingerprint density at radius 1 is 1.14 bits per heavy atom. The van der Waals surface area contributed by atoms with Gasteiger partial charge in [0.15, 0.2) is 0 Å². The summed E-state index contributed by atoms with van der Waals surface area (Å²) in [5.41, 5.74) is 6.33. The number of nitrogens with two attached hydrogens (primary N) is 2. The molecule has 0 aromatic heterocycles. The highest BCUT2D eigenvalue weighted by Crippen LogP contribution is 2.37. The van der Waals surface area contributed by atoms with Crippen molar-refractivity contribution in [1.29, 1.82) is 0 Å². The fourth-order valence-corrected chi connectivity index (χ4v) is 4.17. The third-order valence-electron chi connectivity index (χ3n) is 5.91. The van der Waals surface area contributed by atoms with Crippen LogP contribution in [0.15, 0.2) is 0 Å². The van der Waals surface area contributed by atoms with E-state index < -0.39 is 6.23 Å². The van der Waals surface area contributed by atoms with E-state index in [2.05, 4.69) is 20.8 Å². The number of hydrogen-bond donors (Lipinski definition) is 3. The van der Waals surface area contributed by atoms with Crippen molar-refractivity contribution in [2.75, 3.05) is 0 Å². The molecule has 5 heteroatoms. The molecule has 8 unspecified atom stereocenters. The molecule has 0 amide bonds. The van der Waals surface area contributed by atoms with Crippen LogP contribution < -0.4 is 11.6 Å². The molecule has 0 bridgehead atoms. The van der Waals surface area contributed by atoms with Gasteiger partial charge in [0.1, 0.15) is 6.23 Å². The lowest BCUT2D eigenvalue weighted by molar-refractivity contribution is -0.149. The summed E-state index contributed by atoms with van der Waals surface area (Å²) >= 11 is 0. The van der Waals surface area contributed by atoms with Gasteiger partial charge in [-0.25, -0.2) is 5.90 Å². The molecule has 0 aliphatic heterocycles. The summed E-state index contributed by atoms with van der Waals surface area (Å²) in [7, 11) is 0. The number of ether oxygens (including phenoxy) is 1. The van der Waals surface area contributed by atoms with E-state index in [1.54, 1.807) is 0 Å². The van der Waals surface area contributed by atoms with Crippen molar-refractivity contribution in [3.8, 4) is 0 Å². The maximum atomic E-state index is 10.3. The van der Waals surface area contributed by atoms with E-state index in [-0.39, 0.29) is 30.1 Å². The summed E-state index contributed by atoms with van der Waals surface area (Å²) in [5.74, 6) is 6.92. The fraction of sp³-hybridized carbons (Fsp3) is 1.00. The zero-order valence-corrected chi connectivity index (χ0v) is 14.3. The van der Waals surface area contributed by atoms with E-state index in [0.29, 0.717) is 18.3 Å². The highest BCUT2D eigenvalue weighted by atomic mass is 16.6. The van der Waals surface area contributed by atoms with Crippen LogP contribution >= 0.6 is 0 Å². The molecule has 0 aromatic carbocycles. The Bertz CT molecular complexity index is 342. The molecule has 0 aromatic rings. The Labute approximate surface area is 134 Å². The van der Waals surface area contributed by atoms with Crippen LogP contribution in [0.25, 0.3) is 0 Å². The molecule has 8 atom stereocenters. The normalized spacial score (nSPS) is 44.7. The predicted octanol–water partition coefficient (Wildman–Crippen LogP) is 2.17. The molecule has 5 N–H and O–H groups in total. The van der Waals surface area contributed by atoms with Gasteiger partial charge in [-0.1, -0.05) is 33.6 Å². The average Bonchev–Trinajstić information content (AvgIpc) is 2.50. The first kappa shape index (κ1) is 18.1. The van der Waals surface area contributed by atoms with Crippen LogP contribution in [0.4, 0.5) is 0 Å². The van der Waals surface area contributed by atoms with E-state index in [0.717, 1.165) is 19.3 Å². The summed E-state index contributed by atoms with van der Waals surface area (Å²) in [6.07, 6.45) is 5.16. The van der Waals surface area contributed by atoms with Gasteiger partial charge in [0.2, 0.25) is 0 Å². The summed E-state index contributed by atoms with van der Waals surface area (Å²) in [5, 5.41) is 10.3. The summed E-state index contributed by atoms with van der Waals surface area (Å²) in [6, 6.07) is 0. The van der Waals surface area contributed by atoms with Crippen LogP contribution in [0.5, 0.6) is 0 Å². The highest BCUT2D eigenvalue weighted by molar-refractivity contribution is 4.89. The average molecular weight is 314 g/mol. The number of aliphatic hydroxyl groups is 1. The largest absolute Gasteiger partial charge is 0.393 e. The Morgan fingerprint density at radius 2 is 1.86 bits per heavy atom. The molecule has 0 saturated heterocycles. The summed E-state index contributed by atoms with van der Waals surface area (Å²) < 4.78 is 6.19. The van der Waals surface area contributed by atoms with Crippen molar-refractivity contribution >= 4 is 0 Å². The second-order valence-corrected chi connectivity index (χ2v) is 7.58. The van der Waals surface area contributed by atoms with Crippen LogP contribution in [0.2, 0.25) is 0 Å². The Kier molecular flexibility index (Phi) is 6.65. The topological polar surface area (TPSA) is 90.7 Å². The van der Waals surface area contributed by atoms with Gasteiger partial charge in [-0.2, -0.15) is 0 Å². The van der Waals surface area contributed by atoms with Gasteiger partial charge in [0.25, 0.3) is 0 Å². The van der Waals surface area contributed by atoms with Crippen molar-refractivity contribution in [2.24, 2.45) is 35.3 Å². The zero-order chi connectivity index (χ0) is 16.3. The second kappa shape index (κ2) is 8.06. The minimum Gasteiger partial charge on any atom is -0.393 e. The van der Waals surface area contributed by atoms with Gasteiger partial charge in [-0.05, 0) is 43.4 Å². The number of rotatable bonds is 5. The first-order valence-corrected chi connectivity index (χ1v) is 8.90. The lowest BCUT2D eigenvalue weighted by Crippen LogP contribution is -2.51. The summed E-state index contributed by atoms with van der Waals surface area (Å²) in [6.45, 7) is 6.60. The van der Waals surface area contributed by atoms with E-state index in [4.69, 9.17) is 21.2 Å². The minimum atomic E-state index is -0.418. The maximum absolute atomic E-state index is 10.3. The monoisotopic (exact) mass is 314 g/mol. The molecule has 130 valence electrons. The van der Waals surface area contributed by atoms with Crippen LogP contribution in [0, 0.1) is 23.7 Å². The van der Waals surface area contributed by atoms with Gasteiger partial charge >= 0.3 is 0 Å². The third kappa shape index (κ3) is 4.20. The molecule has 5 nitrogen and oxygen atoms in total. The molecule has 22 heavy (non-hydrogen) atoms. The van der Waals surface area contributed by atoms with Crippen LogP contribution in [-0.2, 0) is 9.57 Å². The van der Waals surface area contributed by atoms with Crippen molar-refractivity contribution < 1.29 is 14.7 Å². The SMILES string of the molecule is CCC1CC(ON)C(C(N)OC2CC(C)CCC2C)CC1O. The molecule has 2 aliphatic carbocycles. The molecule has 0 spiro atoms. The summed E-state index contributed by atoms with van der Waals surface area (Å²) in [4.78, 5) is 5.17. The third-order valence-corrected chi connectivity index (χ3v) is 5.91. The van der Waals surface area contributed by atoms with Gasteiger partial charge < -0.3 is 20.4 Å². The Hall–Kier alpha value is -0.200. The Balaban J connectivity index is 1.96. The minimum absolute atomic E-state index is 0.0350. The first-order chi connectivity index (χ1) is 10.5. The molecule has 2 saturated carbocycles. The molecular weight excluding hydrogens is 280 g/mol. The van der Waals surface area contributed by atoms with E-state index >= 15 is 0 Å². The van der Waals surface area contributed by atoms with E-state index in [1.165, 1.54) is 12.8 Å². The van der Waals surface area contributed by atoms with Gasteiger partial charge in [0, 0.05) is 5.92 Å². The zero-order valence-electron chi connectivity index (χ0n) is 14.3. The standard InChI is InChI=1S/C17H34N2O3/c1-4-12-8-16(22-19)13(9-14(12)20)17(18)21-15-7-10(2)5-6-11(15)3/h10-17,20H,4-9,18-19H2,1-3H3. The second-order valence-electron chi connectivity index (χ2n) is 7.58. The van der Waals surface area contributed by atoms with Crippen molar-refractivity contribution in [1.82, 2.24) is 0 Å². The number of aliphatic hydroxyl groups excluding tert-OH is 1. The van der Waals surface area contributed by atoms with Crippen molar-refractivity contribution in [2.45, 2.75) is 83.8 Å². The molecular formula is C17H34N2O3. The van der Waals surface area contributed by atoms with E-state index in [1.807, 2.05) is 0 Å². The number of hydrogen-bond acceptors (Lipinski definition) is 5. The first-order valence-electron chi connectivity index (χ1n) is 8.90. The van der Waals surface area contributed by atoms with Crippen LogP contribution in [-0.4, -0.2) is 29.6 Å². The maximum Gasteiger partial charge on any atom is 0.111 e. The van der Waals surface area contributed by atoms with Gasteiger partial charge in [-0.15, -0.1) is 0 Å². The fourth-order valence-electron chi connectivity index (χ4n) is 4.17. The van der Waals surface area contributed by atoms with Crippen LogP contribution in [0.3, 0.4) is 0 Å². The molecule has 2 fully saturated rings. The lowest BCUT2D eigenvalue weighted by Gasteiger charge is -2.42. The van der Waals surface area contributed by atoms with Gasteiger partial charge in [-0.3, -0.25) is 0 Å². The lowest BCUT2D eigenvalue weighted by atomic mass is 9.75. The molecule has 2 rings (SSSR count). The van der Waals surface area contributed by atoms with Crippen LogP contribution in [0.1, 0.15) is 59.3 Å². The van der Waals surface area contributed by atoms with Gasteiger partial charge in [0.05, 0.1) is 18.3 Å².